The number of methoxy groups -OCH3 is 1. The zero-order valence-corrected chi connectivity index (χ0v) is 10.2. The van der Waals surface area contributed by atoms with E-state index in [1.54, 1.807) is 7.05 Å². The zero-order valence-electron chi connectivity index (χ0n) is 10.2. The summed E-state index contributed by atoms with van der Waals surface area (Å²) in [6.07, 6.45) is 2.18. The van der Waals surface area contributed by atoms with Gasteiger partial charge in [-0.1, -0.05) is 13.8 Å². The summed E-state index contributed by atoms with van der Waals surface area (Å²) in [5, 5.41) is 3.99. The standard InChI is InChI=1S/C11H19N3O2/c1-7(2)5-8(12)11(15)10-9(16-4)6-13-14(10)3/h6-8H,5,12H2,1-4H3. The Labute approximate surface area is 95.6 Å². The van der Waals surface area contributed by atoms with Gasteiger partial charge >= 0.3 is 0 Å². The Morgan fingerprint density at radius 2 is 2.25 bits per heavy atom. The minimum Gasteiger partial charge on any atom is -0.493 e. The molecule has 0 spiro atoms. The number of rotatable bonds is 5. The average Bonchev–Trinajstić information content (AvgIpc) is 2.57. The Balaban J connectivity index is 2.91. The van der Waals surface area contributed by atoms with Crippen LogP contribution in [0.2, 0.25) is 0 Å². The first kappa shape index (κ1) is 12.7. The Morgan fingerprint density at radius 1 is 1.62 bits per heavy atom. The van der Waals surface area contributed by atoms with Gasteiger partial charge in [0.2, 0.25) is 5.78 Å². The van der Waals surface area contributed by atoms with Crippen LogP contribution in [0.3, 0.4) is 0 Å². The van der Waals surface area contributed by atoms with E-state index in [0.29, 0.717) is 23.8 Å². The highest BCUT2D eigenvalue weighted by Crippen LogP contribution is 2.19. The summed E-state index contributed by atoms with van der Waals surface area (Å²) in [6, 6.07) is -0.496. The summed E-state index contributed by atoms with van der Waals surface area (Å²) in [5.74, 6) is 0.746. The molecule has 0 bridgehead atoms. The van der Waals surface area contributed by atoms with E-state index in [-0.39, 0.29) is 5.78 Å². The third-order valence-electron chi connectivity index (χ3n) is 2.42. The van der Waals surface area contributed by atoms with Gasteiger partial charge in [-0.15, -0.1) is 0 Å². The monoisotopic (exact) mass is 225 g/mol. The molecule has 0 saturated carbocycles. The molecule has 1 rings (SSSR count). The van der Waals surface area contributed by atoms with Gasteiger partial charge in [0.25, 0.3) is 0 Å². The molecule has 0 aliphatic rings. The van der Waals surface area contributed by atoms with E-state index >= 15 is 0 Å². The van der Waals surface area contributed by atoms with Gasteiger partial charge in [0.15, 0.2) is 5.75 Å². The van der Waals surface area contributed by atoms with Crippen LogP contribution in [0.1, 0.15) is 30.8 Å². The summed E-state index contributed by atoms with van der Waals surface area (Å²) in [7, 11) is 3.22. The van der Waals surface area contributed by atoms with Crippen molar-refractivity contribution in [2.24, 2.45) is 18.7 Å². The van der Waals surface area contributed by atoms with Gasteiger partial charge in [0.1, 0.15) is 5.69 Å². The number of nitrogens with zero attached hydrogens (tertiary/aromatic N) is 2. The number of aromatic nitrogens is 2. The lowest BCUT2D eigenvalue weighted by Crippen LogP contribution is -2.33. The highest BCUT2D eigenvalue weighted by Gasteiger charge is 2.23. The molecule has 1 heterocycles. The molecule has 2 N–H and O–H groups in total. The van der Waals surface area contributed by atoms with Gasteiger partial charge in [-0.25, -0.2) is 0 Å². The predicted molar refractivity (Wildman–Crippen MR) is 61.5 cm³/mol. The van der Waals surface area contributed by atoms with Crippen LogP contribution in [0.4, 0.5) is 0 Å². The maximum absolute atomic E-state index is 12.1. The van der Waals surface area contributed by atoms with Crippen molar-refractivity contribution in [2.75, 3.05) is 7.11 Å². The molecule has 0 aliphatic carbocycles. The SMILES string of the molecule is COc1cnn(C)c1C(=O)C(N)CC(C)C. The first-order valence-corrected chi connectivity index (χ1v) is 5.33. The fourth-order valence-electron chi connectivity index (χ4n) is 1.64. The molecule has 16 heavy (non-hydrogen) atoms. The second-order valence-electron chi connectivity index (χ2n) is 4.29. The molecule has 1 aromatic heterocycles. The summed E-state index contributed by atoms with van der Waals surface area (Å²) >= 11 is 0. The van der Waals surface area contributed by atoms with Gasteiger partial charge in [-0.05, 0) is 12.3 Å². The molecule has 0 saturated heterocycles. The van der Waals surface area contributed by atoms with E-state index in [2.05, 4.69) is 5.10 Å². The van der Waals surface area contributed by atoms with Gasteiger partial charge in [-0.3, -0.25) is 9.48 Å². The predicted octanol–water partition coefficient (Wildman–Crippen LogP) is 0.985. The lowest BCUT2D eigenvalue weighted by Gasteiger charge is -2.13. The van der Waals surface area contributed by atoms with Gasteiger partial charge in [0.05, 0.1) is 19.3 Å². The van der Waals surface area contributed by atoms with Crippen LogP contribution in [0.25, 0.3) is 0 Å². The van der Waals surface area contributed by atoms with Gasteiger partial charge in [0, 0.05) is 7.05 Å². The topological polar surface area (TPSA) is 70.1 Å². The summed E-state index contributed by atoms with van der Waals surface area (Å²) in [4.78, 5) is 12.1. The molecule has 0 fully saturated rings. The van der Waals surface area contributed by atoms with Crippen molar-refractivity contribution < 1.29 is 9.53 Å². The highest BCUT2D eigenvalue weighted by atomic mass is 16.5. The first-order valence-electron chi connectivity index (χ1n) is 5.33. The van der Waals surface area contributed by atoms with E-state index in [1.807, 2.05) is 13.8 Å². The minimum absolute atomic E-state index is 0.120. The molecule has 0 aromatic carbocycles. The summed E-state index contributed by atoms with van der Waals surface area (Å²) < 4.78 is 6.58. The van der Waals surface area contributed by atoms with Crippen molar-refractivity contribution in [1.82, 2.24) is 9.78 Å². The lowest BCUT2D eigenvalue weighted by molar-refractivity contribution is 0.0938. The third-order valence-corrected chi connectivity index (χ3v) is 2.42. The molecule has 5 heteroatoms. The van der Waals surface area contributed by atoms with Crippen molar-refractivity contribution >= 4 is 5.78 Å². The first-order chi connectivity index (χ1) is 7.47. The highest BCUT2D eigenvalue weighted by molar-refractivity contribution is 6.00. The second kappa shape index (κ2) is 5.12. The fourth-order valence-corrected chi connectivity index (χ4v) is 1.64. The number of aryl methyl sites for hydroxylation is 1. The van der Waals surface area contributed by atoms with Crippen LogP contribution in [-0.4, -0.2) is 28.7 Å². The van der Waals surface area contributed by atoms with Crippen molar-refractivity contribution in [1.29, 1.82) is 0 Å². The van der Waals surface area contributed by atoms with E-state index in [4.69, 9.17) is 10.5 Å². The van der Waals surface area contributed by atoms with Crippen LogP contribution in [0.15, 0.2) is 6.20 Å². The van der Waals surface area contributed by atoms with Crippen molar-refractivity contribution in [2.45, 2.75) is 26.3 Å². The Bertz CT molecular complexity index is 371. The summed E-state index contributed by atoms with van der Waals surface area (Å²) in [5.41, 5.74) is 6.30. The Hall–Kier alpha value is -1.36. The number of hydrogen-bond acceptors (Lipinski definition) is 4. The third kappa shape index (κ3) is 2.61. The number of nitrogens with two attached hydrogens (primary N) is 1. The molecule has 0 amide bonds. The normalized spacial score (nSPS) is 12.9. The molecule has 1 atom stereocenters. The van der Waals surface area contributed by atoms with Gasteiger partial charge < -0.3 is 10.5 Å². The zero-order chi connectivity index (χ0) is 12.3. The smallest absolute Gasteiger partial charge is 0.201 e. The van der Waals surface area contributed by atoms with E-state index in [1.165, 1.54) is 18.0 Å². The maximum Gasteiger partial charge on any atom is 0.201 e. The largest absolute Gasteiger partial charge is 0.493 e. The maximum atomic E-state index is 12.1. The van der Waals surface area contributed by atoms with Crippen molar-refractivity contribution in [3.63, 3.8) is 0 Å². The lowest BCUT2D eigenvalue weighted by atomic mass is 9.99. The van der Waals surface area contributed by atoms with Crippen LogP contribution in [0.5, 0.6) is 5.75 Å². The van der Waals surface area contributed by atoms with E-state index in [0.717, 1.165) is 0 Å². The minimum atomic E-state index is -0.496. The van der Waals surface area contributed by atoms with Crippen molar-refractivity contribution in [3.05, 3.63) is 11.9 Å². The van der Waals surface area contributed by atoms with Crippen LogP contribution in [0, 0.1) is 5.92 Å². The molecule has 0 radical (unpaired) electrons. The van der Waals surface area contributed by atoms with Crippen LogP contribution in [-0.2, 0) is 7.05 Å². The average molecular weight is 225 g/mol. The molecule has 5 nitrogen and oxygen atoms in total. The summed E-state index contributed by atoms with van der Waals surface area (Å²) in [6.45, 7) is 4.07. The molecule has 90 valence electrons. The van der Waals surface area contributed by atoms with E-state index in [9.17, 15) is 4.79 Å². The molecule has 1 unspecified atom stereocenters. The van der Waals surface area contributed by atoms with Gasteiger partial charge in [-0.2, -0.15) is 5.10 Å². The van der Waals surface area contributed by atoms with Crippen LogP contribution < -0.4 is 10.5 Å². The number of carbonyl (C=O) groups is 1. The number of carbonyl (C=O) groups excluding carboxylic acids is 1. The second-order valence-corrected chi connectivity index (χ2v) is 4.29. The number of ketones is 1. The molecular formula is C11H19N3O2. The quantitative estimate of drug-likeness (QED) is 0.758. The van der Waals surface area contributed by atoms with E-state index < -0.39 is 6.04 Å². The molecule has 1 aromatic rings. The molecular weight excluding hydrogens is 206 g/mol. The van der Waals surface area contributed by atoms with Crippen LogP contribution >= 0.6 is 0 Å². The number of ether oxygens (including phenoxy) is 1. The Kier molecular flexibility index (Phi) is 4.06. The van der Waals surface area contributed by atoms with Crippen molar-refractivity contribution in [3.8, 4) is 5.75 Å². The number of Topliss-reactive ketones (excluding diaryl/α,β-unsaturated/α-hetero) is 1. The number of hydrogen-bond donors (Lipinski definition) is 1. The fraction of sp³-hybridized carbons (Fsp3) is 0.636. The Morgan fingerprint density at radius 3 is 2.75 bits per heavy atom. The molecule has 0 aliphatic heterocycles.